The van der Waals surface area contributed by atoms with Gasteiger partial charge in [-0.3, -0.25) is 23.5 Å². The maximum absolute atomic E-state index is 12.5. The third-order valence-electron chi connectivity index (χ3n) is 4.85. The van der Waals surface area contributed by atoms with Gasteiger partial charge in [0.05, 0.1) is 6.26 Å². The van der Waals surface area contributed by atoms with Gasteiger partial charge in [0.15, 0.2) is 12.4 Å². The molecular weight excluding hydrogens is 384 g/mol. The SMILES string of the molecule is Cn1c(N)c(C(=O)COC(=O)C2CCCN2C(=O)c2ccco2)c(=O)n(C)c1=O. The number of rotatable bonds is 5. The number of nitrogens with zero attached hydrogens (tertiary/aromatic N) is 3. The van der Waals surface area contributed by atoms with Gasteiger partial charge in [-0.05, 0) is 25.0 Å². The molecule has 1 aliphatic rings. The van der Waals surface area contributed by atoms with Crippen molar-refractivity contribution in [1.82, 2.24) is 14.0 Å². The van der Waals surface area contributed by atoms with Gasteiger partial charge in [0.25, 0.3) is 11.5 Å². The Morgan fingerprint density at radius 1 is 1.24 bits per heavy atom. The predicted octanol–water partition coefficient (Wildman–Crippen LogP) is -0.710. The summed E-state index contributed by atoms with van der Waals surface area (Å²) in [7, 11) is 2.53. The zero-order chi connectivity index (χ0) is 21.3. The van der Waals surface area contributed by atoms with Crippen molar-refractivity contribution in [3.8, 4) is 0 Å². The number of carbonyl (C=O) groups excluding carboxylic acids is 3. The molecular formula is C18H20N4O7. The topological polar surface area (TPSA) is 147 Å². The fraction of sp³-hybridized carbons (Fsp3) is 0.389. The van der Waals surface area contributed by atoms with Gasteiger partial charge in [-0.15, -0.1) is 0 Å². The first kappa shape index (κ1) is 20.1. The summed E-state index contributed by atoms with van der Waals surface area (Å²) >= 11 is 0. The lowest BCUT2D eigenvalue weighted by molar-refractivity contribution is -0.147. The second-order valence-corrected chi connectivity index (χ2v) is 6.63. The van der Waals surface area contributed by atoms with Crippen LogP contribution in [0.1, 0.15) is 33.8 Å². The molecule has 1 aliphatic heterocycles. The van der Waals surface area contributed by atoms with Crippen LogP contribution in [0.25, 0.3) is 0 Å². The number of Topliss-reactive ketones (excluding diaryl/α,β-unsaturated/α-hetero) is 1. The maximum atomic E-state index is 12.5. The van der Waals surface area contributed by atoms with Crippen molar-refractivity contribution in [3.63, 3.8) is 0 Å². The van der Waals surface area contributed by atoms with E-state index in [4.69, 9.17) is 14.9 Å². The molecule has 29 heavy (non-hydrogen) atoms. The molecule has 11 heteroatoms. The monoisotopic (exact) mass is 404 g/mol. The molecule has 0 aromatic carbocycles. The number of aromatic nitrogens is 2. The number of ketones is 1. The summed E-state index contributed by atoms with van der Waals surface area (Å²) in [4.78, 5) is 62.7. The Morgan fingerprint density at radius 3 is 2.62 bits per heavy atom. The predicted molar refractivity (Wildman–Crippen MR) is 99.4 cm³/mol. The van der Waals surface area contributed by atoms with Gasteiger partial charge in [-0.2, -0.15) is 0 Å². The van der Waals surface area contributed by atoms with Gasteiger partial charge >= 0.3 is 11.7 Å². The second-order valence-electron chi connectivity index (χ2n) is 6.63. The highest BCUT2D eigenvalue weighted by Gasteiger charge is 2.37. The zero-order valence-electron chi connectivity index (χ0n) is 15.9. The quantitative estimate of drug-likeness (QED) is 0.508. The maximum Gasteiger partial charge on any atom is 0.332 e. The fourth-order valence-corrected chi connectivity index (χ4v) is 3.22. The number of carbonyl (C=O) groups is 3. The van der Waals surface area contributed by atoms with E-state index in [9.17, 15) is 24.0 Å². The zero-order valence-corrected chi connectivity index (χ0v) is 15.9. The smallest absolute Gasteiger partial charge is 0.332 e. The summed E-state index contributed by atoms with van der Waals surface area (Å²) in [5, 5.41) is 0. The summed E-state index contributed by atoms with van der Waals surface area (Å²) in [6, 6.07) is 2.19. The van der Waals surface area contributed by atoms with Crippen LogP contribution in [-0.2, 0) is 23.6 Å². The lowest BCUT2D eigenvalue weighted by Crippen LogP contribution is -2.43. The van der Waals surface area contributed by atoms with Crippen LogP contribution in [0.4, 0.5) is 5.82 Å². The average Bonchev–Trinajstić information content (AvgIpc) is 3.40. The number of esters is 1. The van der Waals surface area contributed by atoms with Gasteiger partial charge in [0, 0.05) is 20.6 Å². The first-order valence-electron chi connectivity index (χ1n) is 8.83. The number of nitrogen functional groups attached to an aromatic ring is 1. The number of furan rings is 1. The van der Waals surface area contributed by atoms with Crippen molar-refractivity contribution in [2.45, 2.75) is 18.9 Å². The Kier molecular flexibility index (Phi) is 5.39. The largest absolute Gasteiger partial charge is 0.459 e. The summed E-state index contributed by atoms with van der Waals surface area (Å²) in [5.41, 5.74) is 3.74. The molecule has 0 radical (unpaired) electrons. The van der Waals surface area contributed by atoms with Crippen LogP contribution >= 0.6 is 0 Å². The van der Waals surface area contributed by atoms with Crippen LogP contribution in [0.2, 0.25) is 0 Å². The van der Waals surface area contributed by atoms with E-state index in [-0.39, 0.29) is 11.6 Å². The standard InChI is InChI=1S/C18H20N4O7/c1-20-14(19)13(16(25)21(2)18(20)27)11(23)9-29-17(26)10-5-3-7-22(10)15(24)12-6-4-8-28-12/h4,6,8,10H,3,5,7,9,19H2,1-2H3. The van der Waals surface area contributed by atoms with Crippen LogP contribution in [-0.4, -0.2) is 50.9 Å². The van der Waals surface area contributed by atoms with E-state index in [1.165, 1.54) is 31.3 Å². The highest BCUT2D eigenvalue weighted by atomic mass is 16.5. The normalized spacial score (nSPS) is 16.1. The highest BCUT2D eigenvalue weighted by Crippen LogP contribution is 2.21. The molecule has 2 aromatic heterocycles. The molecule has 2 aromatic rings. The van der Waals surface area contributed by atoms with Crippen LogP contribution < -0.4 is 17.0 Å². The van der Waals surface area contributed by atoms with Crippen LogP contribution in [0, 0.1) is 0 Å². The van der Waals surface area contributed by atoms with Crippen molar-refractivity contribution < 1.29 is 23.5 Å². The van der Waals surface area contributed by atoms with E-state index < -0.39 is 47.1 Å². The molecule has 0 bridgehead atoms. The lowest BCUT2D eigenvalue weighted by Gasteiger charge is -2.22. The molecule has 1 unspecified atom stereocenters. The Hall–Kier alpha value is -3.63. The third kappa shape index (κ3) is 3.58. The van der Waals surface area contributed by atoms with Crippen molar-refractivity contribution in [1.29, 1.82) is 0 Å². The molecule has 11 nitrogen and oxygen atoms in total. The summed E-state index contributed by atoms with van der Waals surface area (Å²) < 4.78 is 11.8. The van der Waals surface area contributed by atoms with E-state index in [1.54, 1.807) is 6.07 Å². The molecule has 0 saturated carbocycles. The van der Waals surface area contributed by atoms with Gasteiger partial charge in [-0.25, -0.2) is 9.59 Å². The average molecular weight is 404 g/mol. The summed E-state index contributed by atoms with van der Waals surface area (Å²) in [5.74, 6) is -2.27. The minimum absolute atomic E-state index is 0.0993. The van der Waals surface area contributed by atoms with Gasteiger partial charge in [0.1, 0.15) is 17.4 Å². The molecule has 3 rings (SSSR count). The number of hydrogen-bond acceptors (Lipinski definition) is 8. The second kappa shape index (κ2) is 7.78. The van der Waals surface area contributed by atoms with E-state index >= 15 is 0 Å². The van der Waals surface area contributed by atoms with Crippen LogP contribution in [0.5, 0.6) is 0 Å². The number of anilines is 1. The number of nitrogens with two attached hydrogens (primary N) is 1. The molecule has 0 spiro atoms. The van der Waals surface area contributed by atoms with Crippen molar-refractivity contribution in [2.24, 2.45) is 14.1 Å². The fourth-order valence-electron chi connectivity index (χ4n) is 3.22. The minimum Gasteiger partial charge on any atom is -0.459 e. The van der Waals surface area contributed by atoms with Crippen LogP contribution in [0.15, 0.2) is 32.4 Å². The third-order valence-corrected chi connectivity index (χ3v) is 4.85. The number of likely N-dealkylation sites (tertiary alicyclic amines) is 1. The summed E-state index contributed by atoms with van der Waals surface area (Å²) in [6.07, 6.45) is 2.32. The molecule has 1 saturated heterocycles. The van der Waals surface area contributed by atoms with Crippen molar-refractivity contribution in [2.75, 3.05) is 18.9 Å². The van der Waals surface area contributed by atoms with E-state index in [0.29, 0.717) is 19.4 Å². The molecule has 154 valence electrons. The molecule has 1 amide bonds. The number of hydrogen-bond donors (Lipinski definition) is 1. The summed E-state index contributed by atoms with van der Waals surface area (Å²) in [6.45, 7) is -0.392. The first-order valence-corrected chi connectivity index (χ1v) is 8.83. The van der Waals surface area contributed by atoms with Gasteiger partial charge in [0.2, 0.25) is 5.78 Å². The van der Waals surface area contributed by atoms with Crippen LogP contribution in [0.3, 0.4) is 0 Å². The Morgan fingerprint density at radius 2 is 1.97 bits per heavy atom. The van der Waals surface area contributed by atoms with Crippen molar-refractivity contribution >= 4 is 23.5 Å². The molecule has 1 fully saturated rings. The minimum atomic E-state index is -0.873. The molecule has 2 N–H and O–H groups in total. The first-order chi connectivity index (χ1) is 13.7. The Bertz CT molecular complexity index is 1080. The van der Waals surface area contributed by atoms with Gasteiger partial charge < -0.3 is 19.8 Å². The molecule has 3 heterocycles. The van der Waals surface area contributed by atoms with Crippen molar-refractivity contribution in [3.05, 3.63) is 50.6 Å². The van der Waals surface area contributed by atoms with E-state index in [0.717, 1.165) is 9.13 Å². The molecule has 0 aliphatic carbocycles. The van der Waals surface area contributed by atoms with E-state index in [1.807, 2.05) is 0 Å². The molecule has 1 atom stereocenters. The Balaban J connectivity index is 1.73. The lowest BCUT2D eigenvalue weighted by atomic mass is 10.2. The number of ether oxygens (including phenoxy) is 1. The Labute approximate surface area is 164 Å². The number of amides is 1. The van der Waals surface area contributed by atoms with Gasteiger partial charge in [-0.1, -0.05) is 0 Å². The highest BCUT2D eigenvalue weighted by molar-refractivity contribution is 6.01. The van der Waals surface area contributed by atoms with E-state index in [2.05, 4.69) is 0 Å².